The molecule has 1 amide bonds. The van der Waals surface area contributed by atoms with E-state index in [0.717, 1.165) is 30.7 Å². The van der Waals surface area contributed by atoms with Crippen molar-refractivity contribution in [2.24, 2.45) is 7.05 Å². The molecule has 0 fully saturated rings. The number of thioether (sulfide) groups is 1. The van der Waals surface area contributed by atoms with E-state index in [9.17, 15) is 4.79 Å². The van der Waals surface area contributed by atoms with Crippen molar-refractivity contribution in [1.82, 2.24) is 14.7 Å². The van der Waals surface area contributed by atoms with Crippen LogP contribution < -0.4 is 0 Å². The first kappa shape index (κ1) is 16.1. The molecule has 0 spiro atoms. The third-order valence-corrected chi connectivity index (χ3v) is 5.38. The maximum absolute atomic E-state index is 13.1. The first-order valence-corrected chi connectivity index (χ1v) is 9.19. The normalized spacial score (nSPS) is 16.9. The van der Waals surface area contributed by atoms with Crippen molar-refractivity contribution >= 4 is 17.7 Å². The van der Waals surface area contributed by atoms with Crippen LogP contribution in [0, 0.1) is 0 Å². The largest absolute Gasteiger partial charge is 0.337 e. The highest BCUT2D eigenvalue weighted by Gasteiger charge is 2.30. The zero-order valence-electron chi connectivity index (χ0n) is 13.7. The van der Waals surface area contributed by atoms with E-state index in [1.54, 1.807) is 16.4 Å². The fraction of sp³-hybridized carbons (Fsp3) is 0.444. The van der Waals surface area contributed by atoms with Crippen LogP contribution in [-0.4, -0.2) is 32.9 Å². The van der Waals surface area contributed by atoms with Crippen LogP contribution in [0.2, 0.25) is 0 Å². The van der Waals surface area contributed by atoms with Gasteiger partial charge in [-0.3, -0.25) is 9.48 Å². The van der Waals surface area contributed by atoms with Gasteiger partial charge in [-0.2, -0.15) is 5.10 Å². The molecule has 0 N–H and O–H groups in total. The van der Waals surface area contributed by atoms with Gasteiger partial charge in [0.15, 0.2) is 0 Å². The Balaban J connectivity index is 1.81. The summed E-state index contributed by atoms with van der Waals surface area (Å²) in [5, 5.41) is 4.14. The molecule has 0 bridgehead atoms. The third kappa shape index (κ3) is 3.61. The molecule has 4 nitrogen and oxygen atoms in total. The van der Waals surface area contributed by atoms with Gasteiger partial charge in [0, 0.05) is 31.9 Å². The van der Waals surface area contributed by atoms with Crippen molar-refractivity contribution in [2.75, 3.05) is 12.3 Å². The summed E-state index contributed by atoms with van der Waals surface area (Å²) in [6, 6.07) is 8.37. The summed E-state index contributed by atoms with van der Waals surface area (Å²) in [7, 11) is 1.91. The Morgan fingerprint density at radius 3 is 3.00 bits per heavy atom. The average Bonchev–Trinajstić information content (AvgIpc) is 2.98. The van der Waals surface area contributed by atoms with E-state index in [2.05, 4.69) is 30.2 Å². The van der Waals surface area contributed by atoms with Crippen molar-refractivity contribution < 1.29 is 4.79 Å². The Labute approximate surface area is 141 Å². The number of aromatic nitrogens is 2. The Morgan fingerprint density at radius 1 is 1.43 bits per heavy atom. The van der Waals surface area contributed by atoms with Crippen LogP contribution in [-0.2, 0) is 24.8 Å². The summed E-state index contributed by atoms with van der Waals surface area (Å²) in [6.07, 6.45) is 5.85. The average molecular weight is 329 g/mol. The number of hydrogen-bond acceptors (Lipinski definition) is 3. The van der Waals surface area contributed by atoms with E-state index in [4.69, 9.17) is 0 Å². The van der Waals surface area contributed by atoms with Gasteiger partial charge in [0.2, 0.25) is 5.91 Å². The first-order chi connectivity index (χ1) is 11.2. The zero-order valence-corrected chi connectivity index (χ0v) is 14.6. The molecule has 122 valence electrons. The number of aryl methyl sites for hydroxylation is 2. The number of carbonyl (C=O) groups is 1. The van der Waals surface area contributed by atoms with E-state index in [-0.39, 0.29) is 11.2 Å². The Morgan fingerprint density at radius 2 is 2.26 bits per heavy atom. The molecule has 2 aromatic rings. The topological polar surface area (TPSA) is 38.1 Å². The lowest BCUT2D eigenvalue weighted by Crippen LogP contribution is -2.35. The van der Waals surface area contributed by atoms with Gasteiger partial charge in [-0.1, -0.05) is 31.2 Å². The molecule has 1 atom stereocenters. The van der Waals surface area contributed by atoms with Gasteiger partial charge >= 0.3 is 0 Å². The van der Waals surface area contributed by atoms with Crippen molar-refractivity contribution in [2.45, 2.75) is 31.6 Å². The quantitative estimate of drug-likeness (QED) is 0.845. The van der Waals surface area contributed by atoms with Gasteiger partial charge in [0.25, 0.3) is 0 Å². The summed E-state index contributed by atoms with van der Waals surface area (Å²) >= 11 is 1.77. The molecule has 1 aromatic carbocycles. The molecule has 3 rings (SSSR count). The molecule has 5 heteroatoms. The van der Waals surface area contributed by atoms with Crippen molar-refractivity contribution in [3.63, 3.8) is 0 Å². The maximum atomic E-state index is 13.1. The summed E-state index contributed by atoms with van der Waals surface area (Å²) in [5.74, 6) is 1.24. The second-order valence-electron chi connectivity index (χ2n) is 5.98. The minimum atomic E-state index is -0.0665. The first-order valence-electron chi connectivity index (χ1n) is 8.14. The number of rotatable bonds is 5. The maximum Gasteiger partial charge on any atom is 0.240 e. The van der Waals surface area contributed by atoms with E-state index >= 15 is 0 Å². The van der Waals surface area contributed by atoms with E-state index < -0.39 is 0 Å². The van der Waals surface area contributed by atoms with Gasteiger partial charge in [-0.05, 0) is 29.7 Å². The number of fused-ring (bicyclic) bond motifs is 1. The van der Waals surface area contributed by atoms with Crippen molar-refractivity contribution in [1.29, 1.82) is 0 Å². The number of benzene rings is 1. The number of carbonyl (C=O) groups excluding carboxylic acids is 1. The molecule has 23 heavy (non-hydrogen) atoms. The van der Waals surface area contributed by atoms with Crippen LogP contribution in [0.4, 0.5) is 0 Å². The smallest absolute Gasteiger partial charge is 0.240 e. The molecule has 0 aliphatic carbocycles. The summed E-state index contributed by atoms with van der Waals surface area (Å²) in [4.78, 5) is 15.1. The highest BCUT2D eigenvalue weighted by Crippen LogP contribution is 2.38. The molecular weight excluding hydrogens is 306 g/mol. The fourth-order valence-electron chi connectivity index (χ4n) is 3.08. The lowest BCUT2D eigenvalue weighted by molar-refractivity contribution is -0.131. The van der Waals surface area contributed by atoms with Crippen LogP contribution >= 0.6 is 11.8 Å². The van der Waals surface area contributed by atoms with Crippen molar-refractivity contribution in [3.8, 4) is 0 Å². The van der Waals surface area contributed by atoms with Crippen molar-refractivity contribution in [3.05, 3.63) is 53.3 Å². The van der Waals surface area contributed by atoms with Crippen LogP contribution in [0.15, 0.2) is 36.7 Å². The molecule has 1 aliphatic heterocycles. The predicted octanol–water partition coefficient (Wildman–Crippen LogP) is 3.19. The SMILES string of the molecule is CCCN(Cc1cnn(C)c1)C(=O)[C@H]1SCCc2ccccc21. The lowest BCUT2D eigenvalue weighted by atomic mass is 10.0. The predicted molar refractivity (Wildman–Crippen MR) is 94.3 cm³/mol. The minimum absolute atomic E-state index is 0.0665. The highest BCUT2D eigenvalue weighted by molar-refractivity contribution is 8.00. The van der Waals surface area contributed by atoms with Crippen LogP contribution in [0.1, 0.15) is 35.3 Å². The van der Waals surface area contributed by atoms with Gasteiger partial charge in [0.1, 0.15) is 5.25 Å². The van der Waals surface area contributed by atoms with Gasteiger partial charge in [-0.15, -0.1) is 11.8 Å². The molecule has 1 aromatic heterocycles. The van der Waals surface area contributed by atoms with Crippen LogP contribution in [0.3, 0.4) is 0 Å². The molecule has 0 saturated heterocycles. The number of amides is 1. The molecule has 0 unspecified atom stereocenters. The second-order valence-corrected chi connectivity index (χ2v) is 7.19. The lowest BCUT2D eigenvalue weighted by Gasteiger charge is -2.30. The molecule has 0 saturated carbocycles. The molecular formula is C18H23N3OS. The minimum Gasteiger partial charge on any atom is -0.337 e. The van der Waals surface area contributed by atoms with Crippen LogP contribution in [0.25, 0.3) is 0 Å². The Hall–Kier alpha value is -1.75. The Bertz CT molecular complexity index is 682. The highest BCUT2D eigenvalue weighted by atomic mass is 32.2. The van der Waals surface area contributed by atoms with Gasteiger partial charge < -0.3 is 4.90 Å². The van der Waals surface area contributed by atoms with E-state index in [0.29, 0.717) is 6.54 Å². The summed E-state index contributed by atoms with van der Waals surface area (Å²) in [6.45, 7) is 3.54. The number of hydrogen-bond donors (Lipinski definition) is 0. The molecule has 2 heterocycles. The van der Waals surface area contributed by atoms with Crippen LogP contribution in [0.5, 0.6) is 0 Å². The number of nitrogens with zero attached hydrogens (tertiary/aromatic N) is 3. The van der Waals surface area contributed by atoms with Gasteiger partial charge in [-0.25, -0.2) is 0 Å². The Kier molecular flexibility index (Phi) is 5.06. The van der Waals surface area contributed by atoms with E-state index in [1.807, 2.05) is 30.4 Å². The molecule has 1 aliphatic rings. The summed E-state index contributed by atoms with van der Waals surface area (Å²) in [5.41, 5.74) is 3.60. The molecule has 0 radical (unpaired) electrons. The van der Waals surface area contributed by atoms with E-state index in [1.165, 1.54) is 11.1 Å². The van der Waals surface area contributed by atoms with Gasteiger partial charge in [0.05, 0.1) is 6.20 Å². The zero-order chi connectivity index (χ0) is 16.2. The summed E-state index contributed by atoms with van der Waals surface area (Å²) < 4.78 is 1.79. The monoisotopic (exact) mass is 329 g/mol. The standard InChI is InChI=1S/C18H23N3OS/c1-3-9-21(13-14-11-19-20(2)12-14)18(22)17-16-7-5-4-6-15(16)8-10-23-17/h4-7,11-12,17H,3,8-10,13H2,1-2H3/t17-/m0/s1. The second kappa shape index (κ2) is 7.21. The fourth-order valence-corrected chi connectivity index (χ4v) is 4.35. The third-order valence-electron chi connectivity index (χ3n) is 4.15.